The van der Waals surface area contributed by atoms with Crippen molar-refractivity contribution >= 4 is 11.8 Å². The first-order valence-electron chi connectivity index (χ1n) is 4.62. The van der Waals surface area contributed by atoms with Gasteiger partial charge in [0.05, 0.1) is 0 Å². The molecule has 0 saturated heterocycles. The van der Waals surface area contributed by atoms with Crippen molar-refractivity contribution in [1.82, 2.24) is 0 Å². The number of nitrogens with two attached hydrogens (primary N) is 2. The summed E-state index contributed by atoms with van der Waals surface area (Å²) in [5.41, 5.74) is 6.24. The summed E-state index contributed by atoms with van der Waals surface area (Å²) < 4.78 is 40.5. The van der Waals surface area contributed by atoms with E-state index in [0.29, 0.717) is 0 Å². The molecular formula is C10H9F3N2O3. The normalized spacial score (nSPS) is 12.2. The van der Waals surface area contributed by atoms with Gasteiger partial charge < -0.3 is 11.5 Å². The lowest BCUT2D eigenvalue weighted by atomic mass is 9.92. The second-order valence-corrected chi connectivity index (χ2v) is 3.32. The highest BCUT2D eigenvalue weighted by atomic mass is 19.4. The number of alkyl halides is 3. The predicted molar refractivity (Wildman–Crippen MR) is 53.6 cm³/mol. The molecule has 5 nitrogen and oxygen atoms in total. The Bertz CT molecular complexity index is 445. The maximum atomic E-state index is 12.3. The first-order valence-corrected chi connectivity index (χ1v) is 4.62. The Morgan fingerprint density at radius 2 is 1.44 bits per heavy atom. The minimum atomic E-state index is -5.25. The molecule has 0 heterocycles. The largest absolute Gasteiger partial charge is 0.524 e. The number of primary amides is 2. The molecule has 0 aliphatic rings. The molecule has 0 bridgehead atoms. The fraction of sp³-hybridized carbons (Fsp3) is 0.200. The SMILES string of the molecule is NC(=O)C(OC(F)(F)F)(C(N)=O)c1ccccc1. The summed E-state index contributed by atoms with van der Waals surface area (Å²) in [6.45, 7) is 0. The zero-order chi connectivity index (χ0) is 14.0. The number of carbonyl (C=O) groups is 2. The van der Waals surface area contributed by atoms with Gasteiger partial charge >= 0.3 is 6.36 Å². The van der Waals surface area contributed by atoms with Crippen molar-refractivity contribution in [2.45, 2.75) is 12.0 Å². The van der Waals surface area contributed by atoms with Crippen LogP contribution in [0.5, 0.6) is 0 Å². The zero-order valence-corrected chi connectivity index (χ0v) is 8.90. The van der Waals surface area contributed by atoms with Crippen molar-refractivity contribution in [2.75, 3.05) is 0 Å². The lowest BCUT2D eigenvalue weighted by molar-refractivity contribution is -0.355. The molecule has 1 rings (SSSR count). The van der Waals surface area contributed by atoms with Gasteiger partial charge in [-0.1, -0.05) is 30.3 Å². The van der Waals surface area contributed by atoms with Gasteiger partial charge in [0, 0.05) is 5.56 Å². The van der Waals surface area contributed by atoms with E-state index >= 15 is 0 Å². The van der Waals surface area contributed by atoms with Crippen LogP contribution in [0.4, 0.5) is 13.2 Å². The predicted octanol–water partition coefficient (Wildman–Crippen LogP) is 0.389. The van der Waals surface area contributed by atoms with E-state index in [-0.39, 0.29) is 5.56 Å². The highest BCUT2D eigenvalue weighted by Gasteiger charge is 2.54. The van der Waals surface area contributed by atoms with E-state index < -0.39 is 23.8 Å². The molecule has 0 aromatic heterocycles. The number of carbonyl (C=O) groups excluding carboxylic acids is 2. The minimum absolute atomic E-state index is 0.387. The molecule has 8 heteroatoms. The van der Waals surface area contributed by atoms with E-state index in [2.05, 4.69) is 4.74 Å². The molecule has 0 aliphatic carbocycles. The number of hydrogen-bond acceptors (Lipinski definition) is 3. The Kier molecular flexibility index (Phi) is 3.61. The van der Waals surface area contributed by atoms with Crippen molar-refractivity contribution < 1.29 is 27.5 Å². The molecule has 0 fully saturated rings. The molecular weight excluding hydrogens is 253 g/mol. The van der Waals surface area contributed by atoms with Crippen molar-refractivity contribution in [3.8, 4) is 0 Å². The van der Waals surface area contributed by atoms with Crippen LogP contribution < -0.4 is 11.5 Å². The number of hydrogen-bond donors (Lipinski definition) is 2. The fourth-order valence-electron chi connectivity index (χ4n) is 1.41. The Morgan fingerprint density at radius 3 is 1.78 bits per heavy atom. The first kappa shape index (κ1) is 14.0. The van der Waals surface area contributed by atoms with Crippen molar-refractivity contribution in [3.05, 3.63) is 35.9 Å². The third-order valence-corrected chi connectivity index (χ3v) is 2.14. The number of rotatable bonds is 4. The summed E-state index contributed by atoms with van der Waals surface area (Å²) >= 11 is 0. The molecule has 2 amide bonds. The second kappa shape index (κ2) is 4.65. The van der Waals surface area contributed by atoms with Crippen LogP contribution in [0, 0.1) is 0 Å². The Labute approximate surface area is 99.5 Å². The topological polar surface area (TPSA) is 95.4 Å². The van der Waals surface area contributed by atoms with Gasteiger partial charge in [0.1, 0.15) is 0 Å². The van der Waals surface area contributed by atoms with Crippen molar-refractivity contribution in [1.29, 1.82) is 0 Å². The molecule has 4 N–H and O–H groups in total. The van der Waals surface area contributed by atoms with Crippen LogP contribution in [0.15, 0.2) is 30.3 Å². The van der Waals surface area contributed by atoms with Gasteiger partial charge in [-0.25, -0.2) is 0 Å². The molecule has 1 aromatic rings. The van der Waals surface area contributed by atoms with Gasteiger partial charge in [0.2, 0.25) is 0 Å². The van der Waals surface area contributed by atoms with Crippen LogP contribution in [0.25, 0.3) is 0 Å². The number of amides is 2. The van der Waals surface area contributed by atoms with Crippen LogP contribution in [-0.4, -0.2) is 18.2 Å². The summed E-state index contributed by atoms with van der Waals surface area (Å²) in [6, 6.07) is 6.28. The van der Waals surface area contributed by atoms with Gasteiger partial charge in [-0.3, -0.25) is 14.3 Å². The number of ether oxygens (including phenoxy) is 1. The molecule has 0 saturated carbocycles. The second-order valence-electron chi connectivity index (χ2n) is 3.32. The molecule has 0 atom stereocenters. The Morgan fingerprint density at radius 1 is 1.00 bits per heavy atom. The van der Waals surface area contributed by atoms with E-state index in [1.165, 1.54) is 18.2 Å². The van der Waals surface area contributed by atoms with Crippen LogP contribution in [0.3, 0.4) is 0 Å². The summed E-state index contributed by atoms with van der Waals surface area (Å²) in [6.07, 6.45) is -5.25. The molecule has 18 heavy (non-hydrogen) atoms. The quantitative estimate of drug-likeness (QED) is 0.768. The van der Waals surface area contributed by atoms with Crippen LogP contribution in [0.2, 0.25) is 0 Å². The molecule has 0 spiro atoms. The fourth-order valence-corrected chi connectivity index (χ4v) is 1.41. The van der Waals surface area contributed by atoms with E-state index in [1.807, 2.05) is 0 Å². The lowest BCUT2D eigenvalue weighted by Gasteiger charge is -2.28. The number of halogens is 3. The number of benzene rings is 1. The van der Waals surface area contributed by atoms with E-state index in [4.69, 9.17) is 11.5 Å². The molecule has 0 radical (unpaired) electrons. The van der Waals surface area contributed by atoms with Crippen molar-refractivity contribution in [3.63, 3.8) is 0 Å². The molecule has 1 aromatic carbocycles. The summed E-state index contributed by atoms with van der Waals surface area (Å²) in [5, 5.41) is 0. The van der Waals surface area contributed by atoms with Crippen LogP contribution in [-0.2, 0) is 19.9 Å². The highest BCUT2D eigenvalue weighted by Crippen LogP contribution is 2.33. The van der Waals surface area contributed by atoms with Gasteiger partial charge in [-0.2, -0.15) is 0 Å². The lowest BCUT2D eigenvalue weighted by Crippen LogP contribution is -2.55. The molecule has 0 unspecified atom stereocenters. The molecule has 98 valence electrons. The maximum Gasteiger partial charge on any atom is 0.524 e. The first-order chi connectivity index (χ1) is 8.20. The minimum Gasteiger partial charge on any atom is -0.366 e. The monoisotopic (exact) mass is 262 g/mol. The maximum absolute atomic E-state index is 12.3. The van der Waals surface area contributed by atoms with E-state index in [1.54, 1.807) is 0 Å². The molecule has 0 aliphatic heterocycles. The van der Waals surface area contributed by atoms with Crippen LogP contribution in [0.1, 0.15) is 5.56 Å². The van der Waals surface area contributed by atoms with Gasteiger partial charge in [-0.05, 0) is 0 Å². The summed E-state index contributed by atoms with van der Waals surface area (Å²) in [7, 11) is 0. The zero-order valence-electron chi connectivity index (χ0n) is 8.90. The third-order valence-electron chi connectivity index (χ3n) is 2.14. The Balaban J connectivity index is 3.41. The third kappa shape index (κ3) is 2.59. The van der Waals surface area contributed by atoms with E-state index in [9.17, 15) is 22.8 Å². The summed E-state index contributed by atoms with van der Waals surface area (Å²) in [5.74, 6) is -3.28. The standard InChI is InChI=1S/C10H9F3N2O3/c11-10(12,13)18-9(7(14)16,8(15)17)6-4-2-1-3-5-6/h1-5H,(H2,14,16)(H2,15,17). The van der Waals surface area contributed by atoms with Gasteiger partial charge in [0.25, 0.3) is 17.4 Å². The Hall–Kier alpha value is -2.09. The van der Waals surface area contributed by atoms with E-state index in [0.717, 1.165) is 12.1 Å². The van der Waals surface area contributed by atoms with Gasteiger partial charge in [-0.15, -0.1) is 13.2 Å². The smallest absolute Gasteiger partial charge is 0.366 e. The average molecular weight is 262 g/mol. The van der Waals surface area contributed by atoms with Crippen LogP contribution >= 0.6 is 0 Å². The highest BCUT2D eigenvalue weighted by molar-refractivity contribution is 6.07. The van der Waals surface area contributed by atoms with Crippen molar-refractivity contribution in [2.24, 2.45) is 11.5 Å². The average Bonchev–Trinajstić information content (AvgIpc) is 2.25. The van der Waals surface area contributed by atoms with Gasteiger partial charge in [0.15, 0.2) is 0 Å². The summed E-state index contributed by atoms with van der Waals surface area (Å²) in [4.78, 5) is 22.5.